The molecule has 2 rings (SSSR count). The average molecular weight is 295 g/mol. The summed E-state index contributed by atoms with van der Waals surface area (Å²) in [5.41, 5.74) is 0. The maximum atomic E-state index is 11.8. The van der Waals surface area contributed by atoms with E-state index in [1.165, 1.54) is 0 Å². The lowest BCUT2D eigenvalue weighted by molar-refractivity contribution is -0.121. The van der Waals surface area contributed by atoms with E-state index >= 15 is 0 Å². The molecule has 6 heteroatoms. The van der Waals surface area contributed by atoms with Crippen LogP contribution in [0.15, 0.2) is 4.52 Å². The predicted molar refractivity (Wildman–Crippen MR) is 77.5 cm³/mol. The molecule has 1 amide bonds. The number of hydrogen-bond donors (Lipinski definition) is 2. The molecule has 0 bridgehead atoms. The second kappa shape index (κ2) is 8.12. The minimum atomic E-state index is 0.00818. The van der Waals surface area contributed by atoms with Crippen molar-refractivity contribution >= 4 is 5.91 Å². The quantitative estimate of drug-likeness (QED) is 0.758. The molecule has 0 saturated heterocycles. The van der Waals surface area contributed by atoms with Crippen LogP contribution in [0, 0.1) is 11.8 Å². The molecule has 6 nitrogen and oxygen atoms in total. The van der Waals surface area contributed by atoms with Crippen LogP contribution >= 0.6 is 0 Å². The Morgan fingerprint density at radius 1 is 1.38 bits per heavy atom. The molecular formula is C15H25N3O3. The van der Waals surface area contributed by atoms with Gasteiger partial charge in [-0.1, -0.05) is 18.5 Å². The molecule has 1 saturated carbocycles. The first kappa shape index (κ1) is 15.9. The van der Waals surface area contributed by atoms with Gasteiger partial charge in [-0.25, -0.2) is 0 Å². The number of amides is 1. The third-order valence-electron chi connectivity index (χ3n) is 4.16. The van der Waals surface area contributed by atoms with Gasteiger partial charge >= 0.3 is 0 Å². The highest BCUT2D eigenvalue weighted by Gasteiger charge is 2.26. The Morgan fingerprint density at radius 3 is 2.95 bits per heavy atom. The Labute approximate surface area is 125 Å². The maximum absolute atomic E-state index is 11.8. The van der Waals surface area contributed by atoms with E-state index in [0.29, 0.717) is 42.9 Å². The molecule has 118 valence electrons. The van der Waals surface area contributed by atoms with Gasteiger partial charge in [-0.3, -0.25) is 4.79 Å². The number of carbonyl (C=O) groups excluding carboxylic acids is 1. The molecule has 21 heavy (non-hydrogen) atoms. The summed E-state index contributed by atoms with van der Waals surface area (Å²) in [5, 5.41) is 16.1. The van der Waals surface area contributed by atoms with Crippen molar-refractivity contribution in [2.45, 2.75) is 51.9 Å². The number of aliphatic hydroxyl groups excluding tert-OH is 1. The largest absolute Gasteiger partial charge is 0.396 e. The highest BCUT2D eigenvalue weighted by molar-refractivity contribution is 5.76. The van der Waals surface area contributed by atoms with Crippen LogP contribution in [0.5, 0.6) is 0 Å². The summed E-state index contributed by atoms with van der Waals surface area (Å²) in [4.78, 5) is 16.1. The number of aromatic nitrogens is 2. The zero-order valence-electron chi connectivity index (χ0n) is 12.7. The topological polar surface area (TPSA) is 88.2 Å². The summed E-state index contributed by atoms with van der Waals surface area (Å²) in [6.45, 7) is 2.95. The molecule has 1 aliphatic carbocycles. The van der Waals surface area contributed by atoms with E-state index in [2.05, 4.69) is 22.4 Å². The minimum absolute atomic E-state index is 0.00818. The van der Waals surface area contributed by atoms with E-state index in [1.54, 1.807) is 0 Å². The van der Waals surface area contributed by atoms with Gasteiger partial charge in [0.15, 0.2) is 5.82 Å². The Balaban J connectivity index is 1.67. The Kier molecular flexibility index (Phi) is 6.17. The summed E-state index contributed by atoms with van der Waals surface area (Å²) < 4.78 is 5.11. The van der Waals surface area contributed by atoms with Crippen LogP contribution < -0.4 is 5.32 Å². The molecule has 0 radical (unpaired) electrons. The lowest BCUT2D eigenvalue weighted by Crippen LogP contribution is -2.31. The lowest BCUT2D eigenvalue weighted by Gasteiger charge is -2.17. The molecule has 2 unspecified atom stereocenters. The van der Waals surface area contributed by atoms with Crippen molar-refractivity contribution < 1.29 is 14.4 Å². The molecule has 1 aliphatic rings. The predicted octanol–water partition coefficient (Wildman–Crippen LogP) is 1.48. The standard InChI is InChI=1S/C15H25N3O3/c1-2-4-13-17-15(21-18-13)8-7-14(20)16-9-11-5-3-6-12(11)10-19/h11-12,19H,2-10H2,1H3,(H,16,20). The first-order valence-corrected chi connectivity index (χ1v) is 7.92. The third-order valence-corrected chi connectivity index (χ3v) is 4.16. The molecule has 0 aliphatic heterocycles. The summed E-state index contributed by atoms with van der Waals surface area (Å²) in [7, 11) is 0. The maximum Gasteiger partial charge on any atom is 0.227 e. The summed E-state index contributed by atoms with van der Waals surface area (Å²) >= 11 is 0. The van der Waals surface area contributed by atoms with Crippen molar-refractivity contribution in [3.63, 3.8) is 0 Å². The van der Waals surface area contributed by atoms with Crippen LogP contribution in [-0.4, -0.2) is 34.3 Å². The van der Waals surface area contributed by atoms with E-state index in [4.69, 9.17) is 4.52 Å². The fourth-order valence-electron chi connectivity index (χ4n) is 2.89. The van der Waals surface area contributed by atoms with Crippen LogP contribution in [0.1, 0.15) is 50.7 Å². The van der Waals surface area contributed by atoms with E-state index in [-0.39, 0.29) is 12.5 Å². The number of nitrogens with one attached hydrogen (secondary N) is 1. The zero-order chi connectivity index (χ0) is 15.1. The van der Waals surface area contributed by atoms with Crippen molar-refractivity contribution in [2.24, 2.45) is 11.8 Å². The van der Waals surface area contributed by atoms with Gasteiger partial charge in [0.2, 0.25) is 11.8 Å². The molecular weight excluding hydrogens is 270 g/mol. The Morgan fingerprint density at radius 2 is 2.19 bits per heavy atom. The van der Waals surface area contributed by atoms with Gasteiger partial charge in [0, 0.05) is 32.4 Å². The summed E-state index contributed by atoms with van der Waals surface area (Å²) in [6, 6.07) is 0. The Bertz CT molecular complexity index is 447. The molecule has 1 aromatic heterocycles. The molecule has 2 atom stereocenters. The highest BCUT2D eigenvalue weighted by Crippen LogP contribution is 2.30. The van der Waals surface area contributed by atoms with Gasteiger partial charge in [-0.15, -0.1) is 0 Å². The lowest BCUT2D eigenvalue weighted by atomic mass is 9.97. The van der Waals surface area contributed by atoms with Crippen molar-refractivity contribution in [1.82, 2.24) is 15.5 Å². The van der Waals surface area contributed by atoms with E-state index in [1.807, 2.05) is 0 Å². The van der Waals surface area contributed by atoms with Crippen LogP contribution in [-0.2, 0) is 17.6 Å². The van der Waals surface area contributed by atoms with Gasteiger partial charge < -0.3 is 14.9 Å². The SMILES string of the molecule is CCCc1noc(CCC(=O)NCC2CCCC2CO)n1. The second-order valence-electron chi connectivity index (χ2n) is 5.79. The fraction of sp³-hybridized carbons (Fsp3) is 0.800. The van der Waals surface area contributed by atoms with Gasteiger partial charge in [-0.05, 0) is 31.1 Å². The highest BCUT2D eigenvalue weighted by atomic mass is 16.5. The number of nitrogens with zero attached hydrogens (tertiary/aromatic N) is 2. The monoisotopic (exact) mass is 295 g/mol. The van der Waals surface area contributed by atoms with E-state index in [9.17, 15) is 9.90 Å². The van der Waals surface area contributed by atoms with Crippen LogP contribution in [0.3, 0.4) is 0 Å². The number of hydrogen-bond acceptors (Lipinski definition) is 5. The smallest absolute Gasteiger partial charge is 0.227 e. The van der Waals surface area contributed by atoms with Crippen LogP contribution in [0.25, 0.3) is 0 Å². The van der Waals surface area contributed by atoms with Gasteiger partial charge in [0.05, 0.1) is 0 Å². The van der Waals surface area contributed by atoms with Gasteiger partial charge in [-0.2, -0.15) is 4.98 Å². The molecule has 0 spiro atoms. The van der Waals surface area contributed by atoms with Crippen molar-refractivity contribution in [3.8, 4) is 0 Å². The number of aliphatic hydroxyl groups is 1. The fourth-order valence-corrected chi connectivity index (χ4v) is 2.89. The zero-order valence-corrected chi connectivity index (χ0v) is 12.7. The first-order chi connectivity index (χ1) is 10.2. The minimum Gasteiger partial charge on any atom is -0.396 e. The van der Waals surface area contributed by atoms with Crippen LogP contribution in [0.2, 0.25) is 0 Å². The average Bonchev–Trinajstić information content (AvgIpc) is 3.12. The van der Waals surface area contributed by atoms with Crippen molar-refractivity contribution in [1.29, 1.82) is 0 Å². The van der Waals surface area contributed by atoms with E-state index < -0.39 is 0 Å². The van der Waals surface area contributed by atoms with Crippen molar-refractivity contribution in [2.75, 3.05) is 13.2 Å². The molecule has 2 N–H and O–H groups in total. The van der Waals surface area contributed by atoms with Crippen molar-refractivity contribution in [3.05, 3.63) is 11.7 Å². The van der Waals surface area contributed by atoms with Gasteiger partial charge in [0.25, 0.3) is 0 Å². The number of carbonyl (C=O) groups is 1. The molecule has 1 heterocycles. The third kappa shape index (κ3) is 4.81. The number of rotatable bonds is 8. The second-order valence-corrected chi connectivity index (χ2v) is 5.79. The first-order valence-electron chi connectivity index (χ1n) is 7.92. The molecule has 0 aromatic carbocycles. The van der Waals surface area contributed by atoms with Crippen LogP contribution in [0.4, 0.5) is 0 Å². The van der Waals surface area contributed by atoms with E-state index in [0.717, 1.165) is 32.1 Å². The molecule has 1 fully saturated rings. The summed E-state index contributed by atoms with van der Waals surface area (Å²) in [5.74, 6) is 2.01. The number of aryl methyl sites for hydroxylation is 2. The van der Waals surface area contributed by atoms with Gasteiger partial charge in [0.1, 0.15) is 0 Å². The molecule has 1 aromatic rings. The summed E-state index contributed by atoms with van der Waals surface area (Å²) in [6.07, 6.45) is 5.94. The normalized spacial score (nSPS) is 21.6. The Hall–Kier alpha value is -1.43.